The molecule has 0 heterocycles. The van der Waals surface area contributed by atoms with Crippen LogP contribution in [0.4, 0.5) is 7.05 Å². The molecule has 0 aromatic carbocycles. The third-order valence-electron chi connectivity index (χ3n) is 0. The van der Waals surface area contributed by atoms with Gasteiger partial charge in [-0.25, -0.2) is 0 Å². The highest BCUT2D eigenvalue weighted by Crippen LogP contribution is 1.49. The van der Waals surface area contributed by atoms with Crippen molar-refractivity contribution in [3.05, 3.63) is 0 Å². The molecule has 0 aliphatic carbocycles. The average molecular weight is 96.1 g/mol. The van der Waals surface area contributed by atoms with Gasteiger partial charge in [0.2, 0.25) is 0 Å². The van der Waals surface area contributed by atoms with Crippen LogP contribution in [0.15, 0.2) is 0 Å². The quantitative estimate of drug-likeness (QED) is 0.398. The monoisotopic (exact) mass is 96.0 g/mol. The van der Waals surface area contributed by atoms with Crippen LogP contribution in [0.25, 0.3) is 0 Å². The number of halogens is 2. The minimum absolute atomic E-state index is 2.00. The molecule has 0 aromatic heterocycles. The van der Waals surface area contributed by atoms with Crippen LogP contribution in [0.5, 0.6) is 0 Å². The fourth-order valence-corrected chi connectivity index (χ4v) is 0. The van der Waals surface area contributed by atoms with Crippen LogP contribution in [0, 0.1) is 0 Å². The molecule has 0 N–H and O–H groups in total. The van der Waals surface area contributed by atoms with Crippen molar-refractivity contribution in [2.45, 2.75) is 13.8 Å². The van der Waals surface area contributed by atoms with Crippen molar-refractivity contribution in [1.29, 1.82) is 0 Å². The minimum atomic E-state index is -2.58. The summed E-state index contributed by atoms with van der Waals surface area (Å²) in [5, 5.41) is 0. The lowest BCUT2D eigenvalue weighted by molar-refractivity contribution is 0.712. The average Bonchev–Trinajstić information content (AvgIpc) is 1.46. The second-order valence-corrected chi connectivity index (χ2v) is 0.303. The molecule has 0 radical (unpaired) electrons. The summed E-state index contributed by atoms with van der Waals surface area (Å²) in [6.07, 6.45) is 0. The van der Waals surface area contributed by atoms with Crippen LogP contribution in [0.2, 0.25) is 0 Å². The lowest BCUT2D eigenvalue weighted by atomic mass is 11.0. The van der Waals surface area contributed by atoms with Gasteiger partial charge in [-0.2, -0.15) is 0 Å². The number of hydrogen-bond acceptors (Lipinski definition) is 0. The Morgan fingerprint density at radius 3 is 1.20 bits per heavy atom. The van der Waals surface area contributed by atoms with Gasteiger partial charge in [-0.1, -0.05) is 13.8 Å². The molecule has 0 aliphatic rings. The maximum atomic E-state index is 9.76. The summed E-state index contributed by atoms with van der Waals surface area (Å²) in [6.45, 7) is 4.00. The second kappa shape index (κ2) is 26.1. The van der Waals surface area contributed by atoms with Gasteiger partial charge in [-0.3, -0.25) is 0 Å². The van der Waals surface area contributed by atoms with Crippen LogP contribution in [-0.2, 0) is 0 Å². The highest BCUT2D eigenvalue weighted by Gasteiger charge is 1.70. The maximum Gasteiger partial charge on any atom is 0.732 e. The Hall–Kier alpha value is 0.392. The molecule has 0 aliphatic heterocycles. The molecule has 0 spiro atoms. The lowest BCUT2D eigenvalue weighted by Gasteiger charge is -1.34. The summed E-state index contributed by atoms with van der Waals surface area (Å²) in [5.74, 6) is 0. The van der Waals surface area contributed by atoms with Crippen molar-refractivity contribution < 1.29 is 7.05 Å². The Bertz CT molecular complexity index is 7.61. The Morgan fingerprint density at radius 1 is 1.20 bits per heavy atom. The van der Waals surface area contributed by atoms with Crippen LogP contribution in [-0.4, -0.2) is 16.1 Å². The molecule has 0 amide bonds. The van der Waals surface area contributed by atoms with E-state index < -0.39 is 16.1 Å². The number of hydrogen-bond donors (Lipinski definition) is 0. The van der Waals surface area contributed by atoms with E-state index in [9.17, 15) is 7.05 Å². The predicted octanol–water partition coefficient (Wildman–Crippen LogP) is 1.22. The van der Waals surface area contributed by atoms with Crippen molar-refractivity contribution in [3.63, 3.8) is 0 Å². The normalized spacial score (nSPS) is 4.00. The van der Waals surface area contributed by atoms with Gasteiger partial charge in [0, 0.05) is 0 Å². The third-order valence-corrected chi connectivity index (χ3v) is 0. The van der Waals surface area contributed by atoms with Gasteiger partial charge in [0.15, 0.2) is 0 Å². The van der Waals surface area contributed by atoms with Crippen molar-refractivity contribution in [2.75, 3.05) is 0 Å². The summed E-state index contributed by atoms with van der Waals surface area (Å²) < 4.78 is 19.5. The SMILES string of the molecule is CC.[F][AlH][F]. The molecule has 0 saturated carbocycles. The summed E-state index contributed by atoms with van der Waals surface area (Å²) in [7, 11) is 0. The first-order chi connectivity index (χ1) is 2.41. The maximum absolute atomic E-state index is 9.76. The third kappa shape index (κ3) is 163. The van der Waals surface area contributed by atoms with Gasteiger partial charge in [0.05, 0.1) is 0 Å². The summed E-state index contributed by atoms with van der Waals surface area (Å²) in [5.41, 5.74) is 0. The van der Waals surface area contributed by atoms with E-state index in [1.54, 1.807) is 0 Å². The van der Waals surface area contributed by atoms with Crippen LogP contribution < -0.4 is 0 Å². The zero-order valence-corrected chi connectivity index (χ0v) is 4.88. The van der Waals surface area contributed by atoms with E-state index in [-0.39, 0.29) is 0 Å². The number of rotatable bonds is 0. The van der Waals surface area contributed by atoms with Crippen LogP contribution in [0.3, 0.4) is 0 Å². The van der Waals surface area contributed by atoms with Crippen molar-refractivity contribution in [2.24, 2.45) is 0 Å². The second-order valence-electron chi connectivity index (χ2n) is 0.101. The Balaban J connectivity index is 0. The van der Waals surface area contributed by atoms with E-state index in [1.807, 2.05) is 13.8 Å². The minimum Gasteiger partial charge on any atom is -0.377 e. The fourth-order valence-electron chi connectivity index (χ4n) is 0. The van der Waals surface area contributed by atoms with Crippen LogP contribution >= 0.6 is 0 Å². The largest absolute Gasteiger partial charge is 0.732 e. The zero-order valence-electron chi connectivity index (χ0n) is 3.46. The van der Waals surface area contributed by atoms with E-state index in [0.29, 0.717) is 0 Å². The molecule has 0 fully saturated rings. The molecule has 0 bridgehead atoms. The smallest absolute Gasteiger partial charge is 0.377 e. The highest BCUT2D eigenvalue weighted by atomic mass is 27.2. The van der Waals surface area contributed by atoms with E-state index in [4.69, 9.17) is 0 Å². The molecule has 0 nitrogen and oxygen atoms in total. The summed E-state index contributed by atoms with van der Waals surface area (Å²) >= 11 is -2.58. The molecule has 0 saturated heterocycles. The highest BCUT2D eigenvalue weighted by molar-refractivity contribution is 6.15. The Kier molecular flexibility index (Phi) is 47.1. The molecular formula is C2H7AlF2. The zero-order chi connectivity index (χ0) is 4.71. The molecule has 3 heteroatoms. The molecule has 0 atom stereocenters. The van der Waals surface area contributed by atoms with Crippen LogP contribution in [0.1, 0.15) is 13.8 Å². The first-order valence-corrected chi connectivity index (χ1v) is 2.60. The van der Waals surface area contributed by atoms with Gasteiger partial charge in [-0.05, 0) is 0 Å². The van der Waals surface area contributed by atoms with Gasteiger partial charge >= 0.3 is 16.1 Å². The predicted molar refractivity (Wildman–Crippen MR) is 20.7 cm³/mol. The van der Waals surface area contributed by atoms with Gasteiger partial charge in [0.1, 0.15) is 0 Å². The van der Waals surface area contributed by atoms with Gasteiger partial charge in [-0.15, -0.1) is 0 Å². The van der Waals surface area contributed by atoms with Gasteiger partial charge < -0.3 is 7.05 Å². The molecule has 0 unspecified atom stereocenters. The van der Waals surface area contributed by atoms with E-state index >= 15 is 0 Å². The molecule has 0 rings (SSSR count). The first-order valence-electron chi connectivity index (χ1n) is 1.53. The standard InChI is InChI=1S/C2H6.Al.2FH.H/c1-2;;;;/h1-2H3;;2*1H;/q;+2;;;/p-2. The molecule has 0 aromatic rings. The Morgan fingerprint density at radius 2 is 1.20 bits per heavy atom. The lowest BCUT2D eigenvalue weighted by Crippen LogP contribution is -1.45. The van der Waals surface area contributed by atoms with E-state index in [0.717, 1.165) is 0 Å². The Labute approximate surface area is 37.9 Å². The van der Waals surface area contributed by atoms with E-state index in [1.165, 1.54) is 0 Å². The summed E-state index contributed by atoms with van der Waals surface area (Å²) in [4.78, 5) is 0. The topological polar surface area (TPSA) is 0 Å². The van der Waals surface area contributed by atoms with E-state index in [2.05, 4.69) is 0 Å². The van der Waals surface area contributed by atoms with Crippen molar-refractivity contribution in [3.8, 4) is 0 Å². The molecule has 32 valence electrons. The molecule has 5 heavy (non-hydrogen) atoms. The first kappa shape index (κ1) is 9.04. The molecular weight excluding hydrogens is 89.0 g/mol. The van der Waals surface area contributed by atoms with Crippen molar-refractivity contribution in [1.82, 2.24) is 0 Å². The van der Waals surface area contributed by atoms with Gasteiger partial charge in [0.25, 0.3) is 0 Å². The van der Waals surface area contributed by atoms with Crippen molar-refractivity contribution >= 4 is 16.1 Å². The fraction of sp³-hybridized carbons (Fsp3) is 1.00. The summed E-state index contributed by atoms with van der Waals surface area (Å²) in [6, 6.07) is 0.